The van der Waals surface area contributed by atoms with E-state index in [9.17, 15) is 19.7 Å². The Morgan fingerprint density at radius 1 is 1.30 bits per heavy atom. The molecule has 0 aliphatic rings. The van der Waals surface area contributed by atoms with Gasteiger partial charge in [-0.1, -0.05) is 0 Å². The number of nitro groups is 1. The monoisotopic (exact) mass is 325 g/mol. The Balaban J connectivity index is 2.76. The number of carboxylic acids is 1. The van der Waals surface area contributed by atoms with Crippen molar-refractivity contribution in [1.29, 1.82) is 0 Å². The summed E-state index contributed by atoms with van der Waals surface area (Å²) in [4.78, 5) is 32.6. The quantitative estimate of drug-likeness (QED) is 0.464. The van der Waals surface area contributed by atoms with Crippen LogP contribution in [-0.2, 0) is 20.7 Å². The van der Waals surface area contributed by atoms with Crippen molar-refractivity contribution in [2.45, 2.75) is 39.2 Å². The lowest BCUT2D eigenvalue weighted by molar-refractivity contribution is -0.385. The van der Waals surface area contributed by atoms with E-state index < -0.39 is 22.5 Å². The van der Waals surface area contributed by atoms with Crippen molar-refractivity contribution in [1.82, 2.24) is 0 Å². The normalized spacial score (nSPS) is 10.9. The van der Waals surface area contributed by atoms with Gasteiger partial charge < -0.3 is 14.6 Å². The Kier molecular flexibility index (Phi) is 6.06. The number of benzene rings is 1. The van der Waals surface area contributed by atoms with Crippen molar-refractivity contribution in [3.05, 3.63) is 33.9 Å². The first-order chi connectivity index (χ1) is 10.6. The molecule has 1 aromatic rings. The maximum absolute atomic E-state index is 11.6. The zero-order valence-corrected chi connectivity index (χ0v) is 13.2. The fourth-order valence-electron chi connectivity index (χ4n) is 1.74. The van der Waals surface area contributed by atoms with Gasteiger partial charge in [0.1, 0.15) is 11.4 Å². The number of nitrogens with zero attached hydrogens (tertiary/aromatic N) is 1. The predicted molar refractivity (Wildman–Crippen MR) is 80.4 cm³/mol. The summed E-state index contributed by atoms with van der Waals surface area (Å²) in [6.45, 7) is 5.13. The van der Waals surface area contributed by atoms with Crippen LogP contribution in [0, 0.1) is 10.1 Å². The zero-order valence-electron chi connectivity index (χ0n) is 13.2. The van der Waals surface area contributed by atoms with Crippen LogP contribution in [0.5, 0.6) is 5.75 Å². The fourth-order valence-corrected chi connectivity index (χ4v) is 1.74. The summed E-state index contributed by atoms with van der Waals surface area (Å²) in [5.74, 6) is -1.48. The SMILES string of the molecule is CC(C)(C)OC(=O)CCOc1cc([N+](=O)[O-])ccc1CC(=O)O. The van der Waals surface area contributed by atoms with E-state index >= 15 is 0 Å². The van der Waals surface area contributed by atoms with Gasteiger partial charge in [-0.15, -0.1) is 0 Å². The molecule has 0 aliphatic carbocycles. The van der Waals surface area contributed by atoms with E-state index in [0.29, 0.717) is 5.56 Å². The molecule has 0 radical (unpaired) electrons. The molecule has 126 valence electrons. The molecule has 0 unspecified atom stereocenters. The maximum Gasteiger partial charge on any atom is 0.309 e. The number of carbonyl (C=O) groups is 2. The largest absolute Gasteiger partial charge is 0.492 e. The fraction of sp³-hybridized carbons (Fsp3) is 0.467. The molecule has 0 spiro atoms. The van der Waals surface area contributed by atoms with Crippen molar-refractivity contribution in [2.75, 3.05) is 6.61 Å². The van der Waals surface area contributed by atoms with E-state index in [1.54, 1.807) is 20.8 Å². The van der Waals surface area contributed by atoms with Gasteiger partial charge in [0.25, 0.3) is 5.69 Å². The van der Waals surface area contributed by atoms with Gasteiger partial charge in [0.15, 0.2) is 0 Å². The molecule has 0 atom stereocenters. The number of hydrogen-bond donors (Lipinski definition) is 1. The first-order valence-corrected chi connectivity index (χ1v) is 6.92. The third-order valence-electron chi connectivity index (χ3n) is 2.59. The number of non-ortho nitro benzene ring substituents is 1. The highest BCUT2D eigenvalue weighted by Gasteiger charge is 2.17. The Labute approximate surface area is 133 Å². The van der Waals surface area contributed by atoms with Crippen LogP contribution in [0.4, 0.5) is 5.69 Å². The van der Waals surface area contributed by atoms with Crippen LogP contribution in [-0.4, -0.2) is 34.2 Å². The van der Waals surface area contributed by atoms with Crippen LogP contribution in [0.1, 0.15) is 32.8 Å². The molecule has 1 aromatic carbocycles. The van der Waals surface area contributed by atoms with Gasteiger partial charge in [-0.05, 0) is 26.8 Å². The minimum absolute atomic E-state index is 0.0491. The number of carbonyl (C=O) groups excluding carboxylic acids is 1. The summed E-state index contributed by atoms with van der Waals surface area (Å²) in [7, 11) is 0. The van der Waals surface area contributed by atoms with Crippen molar-refractivity contribution in [2.24, 2.45) is 0 Å². The minimum atomic E-state index is -1.09. The van der Waals surface area contributed by atoms with E-state index in [0.717, 1.165) is 6.07 Å². The van der Waals surface area contributed by atoms with Gasteiger partial charge in [-0.3, -0.25) is 19.7 Å². The molecular weight excluding hydrogens is 306 g/mol. The number of ether oxygens (including phenoxy) is 2. The van der Waals surface area contributed by atoms with Gasteiger partial charge >= 0.3 is 11.9 Å². The van der Waals surface area contributed by atoms with E-state index in [1.165, 1.54) is 12.1 Å². The lowest BCUT2D eigenvalue weighted by Crippen LogP contribution is -2.24. The van der Waals surface area contributed by atoms with Crippen molar-refractivity contribution >= 4 is 17.6 Å². The smallest absolute Gasteiger partial charge is 0.309 e. The van der Waals surface area contributed by atoms with Gasteiger partial charge in [-0.2, -0.15) is 0 Å². The first kappa shape index (κ1) is 18.4. The molecule has 1 N–H and O–H groups in total. The van der Waals surface area contributed by atoms with Crippen LogP contribution < -0.4 is 4.74 Å². The summed E-state index contributed by atoms with van der Waals surface area (Å²) < 4.78 is 10.5. The molecule has 0 heterocycles. The van der Waals surface area contributed by atoms with Crippen molar-refractivity contribution in [3.8, 4) is 5.75 Å². The Morgan fingerprint density at radius 2 is 1.96 bits per heavy atom. The van der Waals surface area contributed by atoms with Crippen LogP contribution in [0.25, 0.3) is 0 Å². The first-order valence-electron chi connectivity index (χ1n) is 6.92. The summed E-state index contributed by atoms with van der Waals surface area (Å²) in [5.41, 5.74) is -0.532. The molecule has 0 amide bonds. The van der Waals surface area contributed by atoms with Crippen LogP contribution >= 0.6 is 0 Å². The maximum atomic E-state index is 11.6. The average molecular weight is 325 g/mol. The zero-order chi connectivity index (χ0) is 17.6. The van der Waals surface area contributed by atoms with Crippen molar-refractivity contribution in [3.63, 3.8) is 0 Å². The molecule has 0 bridgehead atoms. The van der Waals surface area contributed by atoms with Crippen LogP contribution in [0.15, 0.2) is 18.2 Å². The number of hydrogen-bond acceptors (Lipinski definition) is 6. The minimum Gasteiger partial charge on any atom is -0.492 e. The van der Waals surface area contributed by atoms with Gasteiger partial charge in [0, 0.05) is 11.6 Å². The molecule has 23 heavy (non-hydrogen) atoms. The highest BCUT2D eigenvalue weighted by molar-refractivity contribution is 5.72. The van der Waals surface area contributed by atoms with E-state index in [2.05, 4.69) is 0 Å². The summed E-state index contributed by atoms with van der Waals surface area (Å²) in [6, 6.07) is 3.68. The second-order valence-corrected chi connectivity index (χ2v) is 5.80. The lowest BCUT2D eigenvalue weighted by atomic mass is 10.1. The molecule has 1 rings (SSSR count). The molecule has 0 fully saturated rings. The Bertz CT molecular complexity index is 604. The highest BCUT2D eigenvalue weighted by atomic mass is 16.6. The van der Waals surface area contributed by atoms with Crippen LogP contribution in [0.3, 0.4) is 0 Å². The Hall–Kier alpha value is -2.64. The third kappa shape index (κ3) is 6.77. The number of aliphatic carboxylic acids is 1. The molecule has 8 heteroatoms. The molecule has 0 saturated carbocycles. The second-order valence-electron chi connectivity index (χ2n) is 5.80. The topological polar surface area (TPSA) is 116 Å². The molecule has 0 aromatic heterocycles. The predicted octanol–water partition coefficient (Wildman–Crippen LogP) is 2.33. The molecule has 0 saturated heterocycles. The van der Waals surface area contributed by atoms with Gasteiger partial charge in [0.2, 0.25) is 0 Å². The molecule has 0 aliphatic heterocycles. The Morgan fingerprint density at radius 3 is 2.48 bits per heavy atom. The summed E-state index contributed by atoms with van der Waals surface area (Å²) >= 11 is 0. The summed E-state index contributed by atoms with van der Waals surface area (Å²) in [6.07, 6.45) is -0.383. The van der Waals surface area contributed by atoms with E-state index in [4.69, 9.17) is 14.6 Å². The van der Waals surface area contributed by atoms with E-state index in [-0.39, 0.29) is 30.9 Å². The van der Waals surface area contributed by atoms with Crippen molar-refractivity contribution < 1.29 is 29.1 Å². The lowest BCUT2D eigenvalue weighted by Gasteiger charge is -2.19. The number of nitro benzene ring substituents is 1. The molecular formula is C15H19NO7. The van der Waals surface area contributed by atoms with Gasteiger partial charge in [-0.25, -0.2) is 0 Å². The number of carboxylic acid groups (broad SMARTS) is 1. The number of rotatable bonds is 7. The average Bonchev–Trinajstić information content (AvgIpc) is 2.37. The van der Waals surface area contributed by atoms with Gasteiger partial charge in [0.05, 0.1) is 30.4 Å². The second kappa shape index (κ2) is 7.57. The van der Waals surface area contributed by atoms with Crippen LogP contribution in [0.2, 0.25) is 0 Å². The number of esters is 1. The van der Waals surface area contributed by atoms with E-state index in [1.807, 2.05) is 0 Å². The summed E-state index contributed by atoms with van der Waals surface area (Å²) in [5, 5.41) is 19.6. The highest BCUT2D eigenvalue weighted by Crippen LogP contribution is 2.25. The third-order valence-corrected chi connectivity index (χ3v) is 2.59. The molecule has 8 nitrogen and oxygen atoms in total. The standard InChI is InChI=1S/C15H19NO7/c1-15(2,3)23-14(19)6-7-22-12-9-11(16(20)21)5-4-10(12)8-13(17)18/h4-5,9H,6-8H2,1-3H3,(H,17,18).